The molecule has 0 fully saturated rings. The number of nitrogens with one attached hydrogen (secondary N) is 1. The summed E-state index contributed by atoms with van der Waals surface area (Å²) < 4.78 is 0. The molecule has 0 aliphatic carbocycles. The second-order valence-electron chi connectivity index (χ2n) is 3.27. The Bertz CT molecular complexity index is 543. The molecule has 1 aromatic heterocycles. The van der Waals surface area contributed by atoms with Gasteiger partial charge in [0.25, 0.3) is 0 Å². The minimum absolute atomic E-state index is 0.0801. The van der Waals surface area contributed by atoms with E-state index in [4.69, 9.17) is 16.7 Å². The summed E-state index contributed by atoms with van der Waals surface area (Å²) in [5.74, 6) is -0.675. The van der Waals surface area contributed by atoms with Crippen molar-refractivity contribution in [3.05, 3.63) is 47.1 Å². The number of rotatable bonds is 3. The van der Waals surface area contributed by atoms with Gasteiger partial charge in [0.15, 0.2) is 5.82 Å². The van der Waals surface area contributed by atoms with Crippen molar-refractivity contribution in [2.24, 2.45) is 0 Å². The third kappa shape index (κ3) is 2.92. The van der Waals surface area contributed by atoms with Crippen LogP contribution in [0.5, 0.6) is 0 Å². The summed E-state index contributed by atoms with van der Waals surface area (Å²) in [6, 6.07) is 8.37. The Labute approximate surface area is 102 Å². The lowest BCUT2D eigenvalue weighted by molar-refractivity contribution is 0.0696. The van der Waals surface area contributed by atoms with E-state index in [9.17, 15) is 4.79 Å². The molecule has 5 nitrogen and oxygen atoms in total. The molecule has 0 spiro atoms. The monoisotopic (exact) mass is 249 g/mol. The zero-order valence-electron chi connectivity index (χ0n) is 8.59. The van der Waals surface area contributed by atoms with E-state index >= 15 is 0 Å². The molecule has 0 bridgehead atoms. The third-order valence-corrected chi connectivity index (χ3v) is 2.27. The molecule has 2 aromatic rings. The van der Waals surface area contributed by atoms with Gasteiger partial charge in [-0.2, -0.15) is 5.10 Å². The Balaban J connectivity index is 2.21. The van der Waals surface area contributed by atoms with Crippen molar-refractivity contribution in [3.63, 3.8) is 0 Å². The largest absolute Gasteiger partial charge is 0.478 e. The molecule has 0 atom stereocenters. The van der Waals surface area contributed by atoms with Gasteiger partial charge in [-0.25, -0.2) is 4.79 Å². The normalized spacial score (nSPS) is 9.94. The summed E-state index contributed by atoms with van der Waals surface area (Å²) in [6.45, 7) is 0. The molecule has 0 unspecified atom stereocenters. The Morgan fingerprint density at radius 3 is 2.65 bits per heavy atom. The molecule has 2 rings (SSSR count). The van der Waals surface area contributed by atoms with Gasteiger partial charge < -0.3 is 10.4 Å². The molecule has 17 heavy (non-hydrogen) atoms. The first-order valence-electron chi connectivity index (χ1n) is 4.74. The molecule has 2 N–H and O–H groups in total. The minimum atomic E-state index is -1.04. The van der Waals surface area contributed by atoms with E-state index in [1.807, 2.05) is 0 Å². The first kappa shape index (κ1) is 11.3. The fraction of sp³-hybridized carbons (Fsp3) is 0. The zero-order valence-corrected chi connectivity index (χ0v) is 9.35. The molecule has 0 aliphatic rings. The number of benzene rings is 1. The Morgan fingerprint density at radius 1 is 1.29 bits per heavy atom. The van der Waals surface area contributed by atoms with Crippen molar-refractivity contribution in [2.45, 2.75) is 0 Å². The maximum atomic E-state index is 10.7. The van der Waals surface area contributed by atoms with Gasteiger partial charge in [-0.05, 0) is 30.3 Å². The van der Waals surface area contributed by atoms with Crippen molar-refractivity contribution in [1.29, 1.82) is 0 Å². The molecule has 0 aliphatic heterocycles. The molecular weight excluding hydrogens is 242 g/mol. The number of halogens is 1. The summed E-state index contributed by atoms with van der Waals surface area (Å²) in [5, 5.41) is 19.7. The van der Waals surface area contributed by atoms with Crippen LogP contribution in [0.4, 0.5) is 11.5 Å². The Morgan fingerprint density at radius 2 is 2.00 bits per heavy atom. The quantitative estimate of drug-likeness (QED) is 0.874. The van der Waals surface area contributed by atoms with Crippen molar-refractivity contribution in [1.82, 2.24) is 10.2 Å². The van der Waals surface area contributed by atoms with Crippen LogP contribution >= 0.6 is 11.6 Å². The van der Waals surface area contributed by atoms with Gasteiger partial charge in [0.05, 0.1) is 11.8 Å². The fourth-order valence-corrected chi connectivity index (χ4v) is 1.35. The lowest BCUT2D eigenvalue weighted by atomic mass is 10.3. The van der Waals surface area contributed by atoms with Crippen molar-refractivity contribution in [2.75, 3.05) is 5.32 Å². The smallest absolute Gasteiger partial charge is 0.337 e. The highest BCUT2D eigenvalue weighted by atomic mass is 35.5. The van der Waals surface area contributed by atoms with Crippen LogP contribution in [0.2, 0.25) is 5.02 Å². The van der Waals surface area contributed by atoms with Crippen molar-refractivity contribution < 1.29 is 9.90 Å². The number of anilines is 2. The van der Waals surface area contributed by atoms with Gasteiger partial charge in [0.1, 0.15) is 0 Å². The van der Waals surface area contributed by atoms with Gasteiger partial charge in [-0.1, -0.05) is 11.6 Å². The average molecular weight is 250 g/mol. The molecule has 6 heteroatoms. The van der Waals surface area contributed by atoms with Crippen LogP contribution in [0, 0.1) is 0 Å². The minimum Gasteiger partial charge on any atom is -0.478 e. The van der Waals surface area contributed by atoms with Crippen LogP contribution in [0.15, 0.2) is 36.5 Å². The van der Waals surface area contributed by atoms with Crippen molar-refractivity contribution >= 4 is 29.1 Å². The number of hydrogen-bond donors (Lipinski definition) is 2. The fourth-order valence-electron chi connectivity index (χ4n) is 1.23. The summed E-state index contributed by atoms with van der Waals surface area (Å²) in [5.41, 5.74) is 0.836. The molecule has 0 amide bonds. The van der Waals surface area contributed by atoms with E-state index in [2.05, 4.69) is 15.5 Å². The van der Waals surface area contributed by atoms with E-state index in [1.165, 1.54) is 12.3 Å². The highest BCUT2D eigenvalue weighted by Gasteiger charge is 2.05. The molecule has 0 saturated carbocycles. The number of aromatic nitrogens is 2. The van der Waals surface area contributed by atoms with Gasteiger partial charge in [0.2, 0.25) is 0 Å². The maximum Gasteiger partial charge on any atom is 0.337 e. The van der Waals surface area contributed by atoms with Crippen LogP contribution in [-0.2, 0) is 0 Å². The highest BCUT2D eigenvalue weighted by molar-refractivity contribution is 6.30. The molecule has 86 valence electrons. The van der Waals surface area contributed by atoms with Gasteiger partial charge in [-0.3, -0.25) is 0 Å². The average Bonchev–Trinajstić information content (AvgIpc) is 2.32. The third-order valence-electron chi connectivity index (χ3n) is 2.02. The zero-order chi connectivity index (χ0) is 12.3. The second kappa shape index (κ2) is 4.80. The number of carboxylic acids is 1. The number of carbonyl (C=O) groups is 1. The maximum absolute atomic E-state index is 10.7. The van der Waals surface area contributed by atoms with Crippen LogP contribution in [0.1, 0.15) is 10.4 Å². The Kier molecular flexibility index (Phi) is 3.20. The summed E-state index contributed by atoms with van der Waals surface area (Å²) in [7, 11) is 0. The first-order chi connectivity index (χ1) is 8.15. The van der Waals surface area contributed by atoms with Gasteiger partial charge in [-0.15, -0.1) is 5.10 Å². The van der Waals surface area contributed by atoms with Crippen LogP contribution < -0.4 is 5.32 Å². The van der Waals surface area contributed by atoms with E-state index < -0.39 is 5.97 Å². The summed E-state index contributed by atoms with van der Waals surface area (Å²) >= 11 is 5.75. The number of hydrogen-bond acceptors (Lipinski definition) is 4. The summed E-state index contributed by atoms with van der Waals surface area (Å²) in [6.07, 6.45) is 1.19. The number of aromatic carboxylic acids is 1. The van der Waals surface area contributed by atoms with Crippen molar-refractivity contribution in [3.8, 4) is 0 Å². The van der Waals surface area contributed by atoms with E-state index in [-0.39, 0.29) is 5.56 Å². The molecule has 0 radical (unpaired) electrons. The van der Waals surface area contributed by atoms with Gasteiger partial charge in [0, 0.05) is 10.7 Å². The van der Waals surface area contributed by atoms with Crippen LogP contribution in [0.25, 0.3) is 0 Å². The highest BCUT2D eigenvalue weighted by Crippen LogP contribution is 2.17. The number of nitrogens with zero attached hydrogens (tertiary/aromatic N) is 2. The Hall–Kier alpha value is -2.14. The molecular formula is C11H8ClN3O2. The van der Waals surface area contributed by atoms with Crippen LogP contribution in [-0.4, -0.2) is 21.3 Å². The molecule has 1 aromatic carbocycles. The predicted molar refractivity (Wildman–Crippen MR) is 63.7 cm³/mol. The lowest BCUT2D eigenvalue weighted by Gasteiger charge is -2.04. The lowest BCUT2D eigenvalue weighted by Crippen LogP contribution is -2.01. The second-order valence-corrected chi connectivity index (χ2v) is 3.70. The predicted octanol–water partition coefficient (Wildman–Crippen LogP) is 2.57. The molecule has 0 saturated heterocycles. The summed E-state index contributed by atoms with van der Waals surface area (Å²) in [4.78, 5) is 10.7. The first-order valence-corrected chi connectivity index (χ1v) is 5.11. The topological polar surface area (TPSA) is 75.1 Å². The SMILES string of the molecule is O=C(O)c1cnnc(Nc2ccc(Cl)cc2)c1. The number of carboxylic acid groups (broad SMARTS) is 1. The standard InChI is InChI=1S/C11H8ClN3O2/c12-8-1-3-9(4-2-8)14-10-5-7(11(16)17)6-13-15-10/h1-6H,(H,14,15)(H,16,17). The molecule has 1 heterocycles. The van der Waals surface area contributed by atoms with E-state index in [1.54, 1.807) is 24.3 Å². The van der Waals surface area contributed by atoms with E-state index in [0.29, 0.717) is 10.8 Å². The van der Waals surface area contributed by atoms with E-state index in [0.717, 1.165) is 5.69 Å². The van der Waals surface area contributed by atoms with Gasteiger partial charge >= 0.3 is 5.97 Å². The van der Waals surface area contributed by atoms with Crippen LogP contribution in [0.3, 0.4) is 0 Å².